The molecule has 0 saturated heterocycles. The molecule has 1 aromatic carbocycles. The highest BCUT2D eigenvalue weighted by atomic mass is 16.6. The molecule has 0 saturated carbocycles. The molecule has 0 radical (unpaired) electrons. The van der Waals surface area contributed by atoms with Crippen molar-refractivity contribution in [2.24, 2.45) is 0 Å². The lowest BCUT2D eigenvalue weighted by Crippen LogP contribution is -2.34. The highest BCUT2D eigenvalue weighted by Crippen LogP contribution is 2.15. The van der Waals surface area contributed by atoms with E-state index in [1.807, 2.05) is 12.1 Å². The van der Waals surface area contributed by atoms with Gasteiger partial charge in [-0.2, -0.15) is 0 Å². The average Bonchev–Trinajstić information content (AvgIpc) is 2.66. The summed E-state index contributed by atoms with van der Waals surface area (Å²) in [7, 11) is 0. The summed E-state index contributed by atoms with van der Waals surface area (Å²) in [6.45, 7) is 5.71. The molecule has 0 aliphatic heterocycles. The van der Waals surface area contributed by atoms with Crippen LogP contribution >= 0.6 is 0 Å². The molecule has 8 heteroatoms. The standard InChI is InChI=1S/C21H26N4O4/c1-21(2,3)29-20(28)23-13-10-18(26)25-17-7-5-4-6-16(17)14-24-19(27)15-8-11-22-12-9-15/h4-9,11-12H,10,13-14H2,1-3H3,(H,23,28)(H,24,27)(H,25,26). The van der Waals surface area contributed by atoms with E-state index in [1.54, 1.807) is 57.4 Å². The van der Waals surface area contributed by atoms with Gasteiger partial charge in [-0.15, -0.1) is 0 Å². The summed E-state index contributed by atoms with van der Waals surface area (Å²) >= 11 is 0. The number of ether oxygens (including phenoxy) is 1. The predicted octanol–water partition coefficient (Wildman–Crippen LogP) is 2.86. The molecule has 3 amide bonds. The number of hydrogen-bond acceptors (Lipinski definition) is 5. The predicted molar refractivity (Wildman–Crippen MR) is 109 cm³/mol. The monoisotopic (exact) mass is 398 g/mol. The number of carbonyl (C=O) groups excluding carboxylic acids is 3. The number of rotatable bonds is 7. The van der Waals surface area contributed by atoms with E-state index in [1.165, 1.54) is 0 Å². The Morgan fingerprint density at radius 3 is 2.38 bits per heavy atom. The van der Waals surface area contributed by atoms with Gasteiger partial charge in [-0.1, -0.05) is 18.2 Å². The number of amides is 3. The molecular weight excluding hydrogens is 372 g/mol. The van der Waals surface area contributed by atoms with Gasteiger partial charge in [0.15, 0.2) is 0 Å². The number of hydrogen-bond donors (Lipinski definition) is 3. The Labute approximate surface area is 170 Å². The molecule has 2 rings (SSSR count). The van der Waals surface area contributed by atoms with Gasteiger partial charge in [0, 0.05) is 43.2 Å². The number of benzene rings is 1. The maximum Gasteiger partial charge on any atom is 0.407 e. The minimum absolute atomic E-state index is 0.0942. The molecule has 2 aromatic rings. The minimum Gasteiger partial charge on any atom is -0.444 e. The lowest BCUT2D eigenvalue weighted by molar-refractivity contribution is -0.116. The molecular formula is C21H26N4O4. The molecule has 0 aliphatic rings. The van der Waals surface area contributed by atoms with Crippen LogP contribution in [0.3, 0.4) is 0 Å². The quantitative estimate of drug-likeness (QED) is 0.664. The van der Waals surface area contributed by atoms with E-state index >= 15 is 0 Å². The summed E-state index contributed by atoms with van der Waals surface area (Å²) < 4.78 is 5.12. The molecule has 0 bridgehead atoms. The zero-order chi connectivity index (χ0) is 21.3. The third kappa shape index (κ3) is 8.00. The number of pyridine rings is 1. The summed E-state index contributed by atoms with van der Waals surface area (Å²) in [5.74, 6) is -0.482. The van der Waals surface area contributed by atoms with Crippen LogP contribution in [-0.2, 0) is 16.1 Å². The molecule has 0 spiro atoms. The highest BCUT2D eigenvalue weighted by Gasteiger charge is 2.16. The van der Waals surface area contributed by atoms with Crippen molar-refractivity contribution in [3.8, 4) is 0 Å². The zero-order valence-electron chi connectivity index (χ0n) is 16.8. The van der Waals surface area contributed by atoms with Gasteiger partial charge >= 0.3 is 6.09 Å². The Hall–Kier alpha value is -3.42. The molecule has 154 valence electrons. The van der Waals surface area contributed by atoms with Gasteiger partial charge in [-0.3, -0.25) is 14.6 Å². The molecule has 3 N–H and O–H groups in total. The Kier molecular flexibility index (Phi) is 7.70. The van der Waals surface area contributed by atoms with Crippen LogP contribution in [0.5, 0.6) is 0 Å². The fourth-order valence-corrected chi connectivity index (χ4v) is 2.38. The molecule has 0 atom stereocenters. The molecule has 0 unspecified atom stereocenters. The van der Waals surface area contributed by atoms with Gasteiger partial charge in [-0.25, -0.2) is 4.79 Å². The normalized spacial score (nSPS) is 10.7. The topological polar surface area (TPSA) is 109 Å². The molecule has 0 fully saturated rings. The van der Waals surface area contributed by atoms with Crippen molar-refractivity contribution in [3.63, 3.8) is 0 Å². The smallest absolute Gasteiger partial charge is 0.407 e. The van der Waals surface area contributed by atoms with Crippen LogP contribution in [0.1, 0.15) is 43.1 Å². The van der Waals surface area contributed by atoms with E-state index in [0.29, 0.717) is 11.3 Å². The van der Waals surface area contributed by atoms with E-state index in [9.17, 15) is 14.4 Å². The largest absolute Gasteiger partial charge is 0.444 e. The van der Waals surface area contributed by atoms with E-state index in [-0.39, 0.29) is 31.3 Å². The molecule has 8 nitrogen and oxygen atoms in total. The maximum atomic E-state index is 12.2. The van der Waals surface area contributed by atoms with Gasteiger partial charge in [-0.05, 0) is 44.5 Å². The summed E-state index contributed by atoms with van der Waals surface area (Å²) in [6.07, 6.45) is 2.63. The second-order valence-electron chi connectivity index (χ2n) is 7.30. The number of anilines is 1. The minimum atomic E-state index is -0.591. The van der Waals surface area contributed by atoms with E-state index < -0.39 is 11.7 Å². The van der Waals surface area contributed by atoms with Crippen molar-refractivity contribution in [1.82, 2.24) is 15.6 Å². The second-order valence-corrected chi connectivity index (χ2v) is 7.30. The first-order valence-corrected chi connectivity index (χ1v) is 9.27. The van der Waals surface area contributed by atoms with Crippen molar-refractivity contribution >= 4 is 23.6 Å². The number of para-hydroxylation sites is 1. The highest BCUT2D eigenvalue weighted by molar-refractivity contribution is 5.94. The lowest BCUT2D eigenvalue weighted by Gasteiger charge is -2.19. The molecule has 0 aliphatic carbocycles. The van der Waals surface area contributed by atoms with Crippen LogP contribution in [0.15, 0.2) is 48.8 Å². The van der Waals surface area contributed by atoms with Crippen molar-refractivity contribution < 1.29 is 19.1 Å². The zero-order valence-corrected chi connectivity index (χ0v) is 16.8. The lowest BCUT2D eigenvalue weighted by atomic mass is 10.1. The Morgan fingerprint density at radius 1 is 1.00 bits per heavy atom. The fraction of sp³-hybridized carbons (Fsp3) is 0.333. The van der Waals surface area contributed by atoms with Crippen LogP contribution in [0.25, 0.3) is 0 Å². The number of nitrogens with one attached hydrogen (secondary N) is 3. The Morgan fingerprint density at radius 2 is 1.69 bits per heavy atom. The van der Waals surface area contributed by atoms with Gasteiger partial charge in [0.25, 0.3) is 5.91 Å². The van der Waals surface area contributed by atoms with Crippen LogP contribution in [0.4, 0.5) is 10.5 Å². The summed E-state index contributed by atoms with van der Waals surface area (Å²) in [5.41, 5.74) is 1.29. The third-order valence-corrected chi connectivity index (χ3v) is 3.69. The average molecular weight is 398 g/mol. The van der Waals surface area contributed by atoms with Crippen LogP contribution in [0, 0.1) is 0 Å². The van der Waals surface area contributed by atoms with E-state index in [2.05, 4.69) is 20.9 Å². The van der Waals surface area contributed by atoms with Crippen molar-refractivity contribution in [3.05, 3.63) is 59.9 Å². The number of carbonyl (C=O) groups is 3. The number of aromatic nitrogens is 1. The molecule has 1 aromatic heterocycles. The first-order chi connectivity index (χ1) is 13.7. The van der Waals surface area contributed by atoms with Crippen LogP contribution in [0.2, 0.25) is 0 Å². The Bertz CT molecular complexity index is 847. The van der Waals surface area contributed by atoms with Gasteiger partial charge in [0.05, 0.1) is 0 Å². The summed E-state index contributed by atoms with van der Waals surface area (Å²) in [6, 6.07) is 10.5. The van der Waals surface area contributed by atoms with Gasteiger partial charge < -0.3 is 20.7 Å². The summed E-state index contributed by atoms with van der Waals surface area (Å²) in [4.78, 5) is 39.9. The third-order valence-electron chi connectivity index (χ3n) is 3.69. The molecule has 1 heterocycles. The summed E-state index contributed by atoms with van der Waals surface area (Å²) in [5, 5.41) is 8.17. The van der Waals surface area contributed by atoms with E-state index in [4.69, 9.17) is 4.74 Å². The van der Waals surface area contributed by atoms with Crippen molar-refractivity contribution in [2.45, 2.75) is 39.3 Å². The second kappa shape index (κ2) is 10.2. The van der Waals surface area contributed by atoms with Crippen molar-refractivity contribution in [2.75, 3.05) is 11.9 Å². The van der Waals surface area contributed by atoms with Crippen molar-refractivity contribution in [1.29, 1.82) is 0 Å². The first kappa shape index (κ1) is 21.9. The van der Waals surface area contributed by atoms with Gasteiger partial charge in [0.1, 0.15) is 5.60 Å². The van der Waals surface area contributed by atoms with Gasteiger partial charge in [0.2, 0.25) is 5.91 Å². The first-order valence-electron chi connectivity index (χ1n) is 9.27. The fourth-order valence-electron chi connectivity index (χ4n) is 2.38. The van der Waals surface area contributed by atoms with Crippen LogP contribution < -0.4 is 16.0 Å². The van der Waals surface area contributed by atoms with Crippen LogP contribution in [-0.4, -0.2) is 35.0 Å². The van der Waals surface area contributed by atoms with E-state index in [0.717, 1.165) is 5.56 Å². The molecule has 29 heavy (non-hydrogen) atoms. The SMILES string of the molecule is CC(C)(C)OC(=O)NCCC(=O)Nc1ccccc1CNC(=O)c1ccncc1. The number of nitrogens with zero attached hydrogens (tertiary/aromatic N) is 1. The number of alkyl carbamates (subject to hydrolysis) is 1. The Balaban J connectivity index is 1.84. The maximum absolute atomic E-state index is 12.2.